The lowest BCUT2D eigenvalue weighted by Crippen LogP contribution is -2.47. The molecule has 1 aliphatic heterocycles. The molecule has 14 nitrogen and oxygen atoms in total. The fourth-order valence-corrected chi connectivity index (χ4v) is 4.16. The van der Waals surface area contributed by atoms with Crippen molar-refractivity contribution >= 4 is 50.5 Å². The first-order chi connectivity index (χ1) is 15.5. The Kier molecular flexibility index (Phi) is 5.85. The number of carbonyl (C=O) groups excluding carboxylic acids is 1. The van der Waals surface area contributed by atoms with Gasteiger partial charge in [-0.2, -0.15) is 8.42 Å². The monoisotopic (exact) mass is 499 g/mol. The van der Waals surface area contributed by atoms with Crippen molar-refractivity contribution in [3.63, 3.8) is 0 Å². The lowest BCUT2D eigenvalue weighted by molar-refractivity contribution is -0.109. The summed E-state index contributed by atoms with van der Waals surface area (Å²) in [6.07, 6.45) is -0.586. The maximum absolute atomic E-state index is 12.2. The molecule has 1 saturated heterocycles. The molecule has 3 atom stereocenters. The van der Waals surface area contributed by atoms with E-state index in [0.717, 1.165) is 10.9 Å². The number of ether oxygens (including phenoxy) is 1. The van der Waals surface area contributed by atoms with Gasteiger partial charge in [-0.1, -0.05) is 17.7 Å². The topological polar surface area (TPSA) is 218 Å². The molecule has 176 valence electrons. The number of para-hydroxylation sites is 1. The van der Waals surface area contributed by atoms with Crippen LogP contribution in [0.5, 0.6) is 0 Å². The first-order valence-electron chi connectivity index (χ1n) is 9.25. The van der Waals surface area contributed by atoms with E-state index in [9.17, 15) is 23.4 Å². The average Bonchev–Trinajstić information content (AvgIpc) is 3.32. The molecule has 0 aliphatic carbocycles. The maximum atomic E-state index is 12.2. The zero-order valence-corrected chi connectivity index (χ0v) is 18.2. The van der Waals surface area contributed by atoms with E-state index < -0.39 is 47.4 Å². The van der Waals surface area contributed by atoms with Crippen LogP contribution in [0, 0.1) is 0 Å². The quantitative estimate of drug-likeness (QED) is 0.251. The standard InChI is InChI=1S/C17H18ClN7O7S/c18-9-3-1-2-8(11(9)19)16(27)24-33(29,30)32-4-10-13(26)17(28,5-31-10)25-7-23-12-14(20)21-6-22-15(12)25/h1-3,6-7,10,13,26,28H,4-5,19H2,(H,24,27)(H2,20,21,22)/t10-,13-,17-/m1/s1. The molecule has 0 spiro atoms. The lowest BCUT2D eigenvalue weighted by atomic mass is 10.1. The molecule has 1 fully saturated rings. The zero-order valence-electron chi connectivity index (χ0n) is 16.6. The first-order valence-corrected chi connectivity index (χ1v) is 11.0. The van der Waals surface area contributed by atoms with Crippen LogP contribution in [0.2, 0.25) is 5.02 Å². The van der Waals surface area contributed by atoms with Gasteiger partial charge in [0, 0.05) is 0 Å². The number of nitrogens with one attached hydrogen (secondary N) is 1. The molecule has 7 N–H and O–H groups in total. The van der Waals surface area contributed by atoms with Crippen molar-refractivity contribution < 1.29 is 32.3 Å². The summed E-state index contributed by atoms with van der Waals surface area (Å²) in [6.45, 7) is -1.16. The Morgan fingerprint density at radius 3 is 2.88 bits per heavy atom. The number of hydrogen-bond donors (Lipinski definition) is 5. The van der Waals surface area contributed by atoms with Gasteiger partial charge in [-0.15, -0.1) is 0 Å². The van der Waals surface area contributed by atoms with E-state index >= 15 is 0 Å². The van der Waals surface area contributed by atoms with Gasteiger partial charge in [0.2, 0.25) is 0 Å². The molecule has 33 heavy (non-hydrogen) atoms. The number of nitrogens with zero attached hydrogens (tertiary/aromatic N) is 4. The number of anilines is 2. The van der Waals surface area contributed by atoms with Crippen molar-refractivity contribution in [2.75, 3.05) is 24.7 Å². The Labute approximate surface area is 191 Å². The number of rotatable bonds is 6. The number of carbonyl (C=O) groups is 1. The number of halogens is 1. The number of hydrogen-bond acceptors (Lipinski definition) is 12. The highest BCUT2D eigenvalue weighted by molar-refractivity contribution is 7.85. The summed E-state index contributed by atoms with van der Waals surface area (Å²) in [5, 5.41) is 21.7. The van der Waals surface area contributed by atoms with Gasteiger partial charge in [0.1, 0.15) is 24.1 Å². The molecule has 4 rings (SSSR count). The third-order valence-corrected chi connectivity index (χ3v) is 6.23. The largest absolute Gasteiger partial charge is 0.397 e. The molecular weight excluding hydrogens is 482 g/mol. The van der Waals surface area contributed by atoms with Crippen LogP contribution in [-0.2, 0) is 24.9 Å². The highest BCUT2D eigenvalue weighted by atomic mass is 35.5. The molecular formula is C17H18ClN7O7S. The summed E-state index contributed by atoms with van der Waals surface area (Å²) in [6, 6.07) is 4.13. The minimum Gasteiger partial charge on any atom is -0.397 e. The smallest absolute Gasteiger partial charge is 0.362 e. The third-order valence-electron chi connectivity index (χ3n) is 5.02. The zero-order chi connectivity index (χ0) is 24.0. The number of aromatic nitrogens is 4. The minimum absolute atomic E-state index is 0.0674. The number of aliphatic hydroxyl groups excluding tert-OH is 1. The maximum Gasteiger partial charge on any atom is 0.362 e. The van der Waals surface area contributed by atoms with E-state index in [1.807, 2.05) is 0 Å². The molecule has 16 heteroatoms. The SMILES string of the molecule is Nc1c(Cl)cccc1C(=O)NS(=O)(=O)OC[C@H]1OC[C@](O)(n2cnc3c(N)ncnc32)[C@@H]1O. The van der Waals surface area contributed by atoms with E-state index in [2.05, 4.69) is 15.0 Å². The second kappa shape index (κ2) is 8.36. The number of amides is 1. The normalized spacial score (nSPS) is 23.1. The van der Waals surface area contributed by atoms with E-state index in [1.54, 1.807) is 4.72 Å². The van der Waals surface area contributed by atoms with Gasteiger partial charge >= 0.3 is 10.3 Å². The highest BCUT2D eigenvalue weighted by Crippen LogP contribution is 2.32. The van der Waals surface area contributed by atoms with Gasteiger partial charge in [-0.25, -0.2) is 19.7 Å². The number of nitrogens with two attached hydrogens (primary N) is 2. The van der Waals surface area contributed by atoms with Crippen molar-refractivity contribution in [3.05, 3.63) is 41.4 Å². The van der Waals surface area contributed by atoms with Crippen LogP contribution in [0.15, 0.2) is 30.9 Å². The van der Waals surface area contributed by atoms with E-state index in [-0.39, 0.29) is 33.3 Å². The van der Waals surface area contributed by atoms with E-state index in [4.69, 9.17) is 32.0 Å². The van der Waals surface area contributed by atoms with Gasteiger partial charge in [0.15, 0.2) is 17.2 Å². The molecule has 0 unspecified atom stereocenters. The van der Waals surface area contributed by atoms with Gasteiger partial charge in [0.05, 0.1) is 35.8 Å². The van der Waals surface area contributed by atoms with Crippen LogP contribution in [-0.4, -0.2) is 69.5 Å². The fourth-order valence-electron chi connectivity index (χ4n) is 3.28. The minimum atomic E-state index is -4.63. The van der Waals surface area contributed by atoms with Crippen LogP contribution in [0.1, 0.15) is 10.4 Å². The predicted octanol–water partition coefficient (Wildman–Crippen LogP) is -1.26. The first kappa shape index (κ1) is 23.1. The molecule has 1 aromatic carbocycles. The Bertz CT molecular complexity index is 1330. The second-order valence-electron chi connectivity index (χ2n) is 7.09. The van der Waals surface area contributed by atoms with Crippen molar-refractivity contribution in [1.82, 2.24) is 24.2 Å². The van der Waals surface area contributed by atoms with Crippen LogP contribution in [0.25, 0.3) is 11.2 Å². The molecule has 2 aromatic heterocycles. The fraction of sp³-hybridized carbons (Fsp3) is 0.294. The van der Waals surface area contributed by atoms with Crippen molar-refractivity contribution in [2.45, 2.75) is 17.9 Å². The van der Waals surface area contributed by atoms with Crippen molar-refractivity contribution in [1.29, 1.82) is 0 Å². The molecule has 0 radical (unpaired) electrons. The Morgan fingerprint density at radius 1 is 1.36 bits per heavy atom. The van der Waals surface area contributed by atoms with Crippen LogP contribution >= 0.6 is 11.6 Å². The molecule has 1 amide bonds. The number of benzene rings is 1. The third kappa shape index (κ3) is 4.17. The number of aliphatic hydroxyl groups is 2. The highest BCUT2D eigenvalue weighted by Gasteiger charge is 2.51. The van der Waals surface area contributed by atoms with E-state index in [0.29, 0.717) is 0 Å². The van der Waals surface area contributed by atoms with Crippen molar-refractivity contribution in [2.24, 2.45) is 0 Å². The van der Waals surface area contributed by atoms with E-state index in [1.165, 1.54) is 24.5 Å². The van der Waals surface area contributed by atoms with Gasteiger partial charge in [-0.3, -0.25) is 13.5 Å². The summed E-state index contributed by atoms with van der Waals surface area (Å²) in [5.41, 5.74) is 9.42. The molecule has 1 aliphatic rings. The van der Waals surface area contributed by atoms with Crippen LogP contribution in [0.4, 0.5) is 11.5 Å². The summed E-state index contributed by atoms with van der Waals surface area (Å²) < 4.78 is 37.3. The molecule has 3 aromatic rings. The molecule has 3 heterocycles. The summed E-state index contributed by atoms with van der Waals surface area (Å²) in [5.74, 6) is -1.00. The van der Waals surface area contributed by atoms with Gasteiger partial charge in [0.25, 0.3) is 5.91 Å². The van der Waals surface area contributed by atoms with Crippen LogP contribution in [0.3, 0.4) is 0 Å². The summed E-state index contributed by atoms with van der Waals surface area (Å²) >= 11 is 5.83. The van der Waals surface area contributed by atoms with Crippen LogP contribution < -0.4 is 16.2 Å². The predicted molar refractivity (Wildman–Crippen MR) is 114 cm³/mol. The number of imidazole rings is 1. The Balaban J connectivity index is 1.45. The van der Waals surface area contributed by atoms with Gasteiger partial charge < -0.3 is 26.4 Å². The van der Waals surface area contributed by atoms with Crippen molar-refractivity contribution in [3.8, 4) is 0 Å². The Hall–Kier alpha value is -3.08. The molecule has 0 bridgehead atoms. The lowest BCUT2D eigenvalue weighted by Gasteiger charge is -2.27. The summed E-state index contributed by atoms with van der Waals surface area (Å²) in [4.78, 5) is 24.1. The summed E-state index contributed by atoms with van der Waals surface area (Å²) in [7, 11) is -4.63. The second-order valence-corrected chi connectivity index (χ2v) is 8.84. The average molecular weight is 500 g/mol. The number of fused-ring (bicyclic) bond motifs is 1. The number of nitrogen functional groups attached to an aromatic ring is 2. The van der Waals surface area contributed by atoms with Gasteiger partial charge in [-0.05, 0) is 12.1 Å². The Morgan fingerprint density at radius 2 is 2.12 bits per heavy atom. The molecule has 0 saturated carbocycles.